The second-order valence-electron chi connectivity index (χ2n) is 7.41. The minimum atomic E-state index is -1.12. The Labute approximate surface area is 195 Å². The van der Waals surface area contributed by atoms with Crippen molar-refractivity contribution in [1.82, 2.24) is 0 Å². The summed E-state index contributed by atoms with van der Waals surface area (Å²) in [5.41, 5.74) is 4.60. The van der Waals surface area contributed by atoms with Gasteiger partial charge in [-0.25, -0.2) is 9.18 Å². The molecule has 0 aliphatic heterocycles. The van der Waals surface area contributed by atoms with Crippen LogP contribution in [-0.2, 0) is 30.2 Å². The van der Waals surface area contributed by atoms with Gasteiger partial charge in [0.15, 0.2) is 4.90 Å². The minimum absolute atomic E-state index is 0.121. The maximum absolute atomic E-state index is 14.0. The van der Waals surface area contributed by atoms with E-state index in [1.54, 1.807) is 31.4 Å². The zero-order valence-corrected chi connectivity index (χ0v) is 19.7. The molecule has 0 aromatic heterocycles. The predicted molar refractivity (Wildman–Crippen MR) is 124 cm³/mol. The van der Waals surface area contributed by atoms with Gasteiger partial charge in [-0.3, -0.25) is 4.79 Å². The molecule has 0 saturated carbocycles. The Bertz CT molecular complexity index is 1100. The number of ether oxygens (including phenoxy) is 3. The zero-order chi connectivity index (χ0) is 24.1. The molecule has 2 unspecified atom stereocenters. The van der Waals surface area contributed by atoms with Crippen LogP contribution in [-0.4, -0.2) is 35.8 Å². The first-order valence-corrected chi connectivity index (χ1v) is 11.9. The van der Waals surface area contributed by atoms with Gasteiger partial charge in [-0.05, 0) is 101 Å². The third-order valence-corrected chi connectivity index (χ3v) is 6.06. The Balaban J connectivity index is 1.86. The summed E-state index contributed by atoms with van der Waals surface area (Å²) in [5.74, 6) is -1.03. The van der Waals surface area contributed by atoms with Crippen LogP contribution < -0.4 is 0 Å². The van der Waals surface area contributed by atoms with E-state index >= 15 is 0 Å². The van der Waals surface area contributed by atoms with Crippen LogP contribution in [0.4, 0.5) is 9.18 Å². The predicted octanol–water partition coefficient (Wildman–Crippen LogP) is 5.34. The molecule has 0 saturated heterocycles. The van der Waals surface area contributed by atoms with Crippen LogP contribution in [0.3, 0.4) is 0 Å². The quantitative estimate of drug-likeness (QED) is 0.307. The van der Waals surface area contributed by atoms with Gasteiger partial charge in [-0.2, -0.15) is 0 Å². The second-order valence-corrected chi connectivity index (χ2v) is 8.79. The number of esters is 1. The molecule has 2 aromatic rings. The van der Waals surface area contributed by atoms with Crippen molar-refractivity contribution in [3.8, 4) is 0 Å². The smallest absolute Gasteiger partial charge is 0.511 e. The number of rotatable bonds is 7. The summed E-state index contributed by atoms with van der Waals surface area (Å²) >= 11 is -1.07. The maximum Gasteiger partial charge on any atom is 0.511 e. The number of halogens is 1. The zero-order valence-electron chi connectivity index (χ0n) is 18.8. The number of benzene rings is 2. The van der Waals surface area contributed by atoms with Crippen LogP contribution in [0.1, 0.15) is 43.9 Å². The molecule has 1 aliphatic carbocycles. The van der Waals surface area contributed by atoms with Gasteiger partial charge in [0.1, 0.15) is 12.1 Å². The summed E-state index contributed by atoms with van der Waals surface area (Å²) in [6.45, 7) is 5.05. The largest absolute Gasteiger partial charge is 0.612 e. The molecule has 0 radical (unpaired) electrons. The lowest BCUT2D eigenvalue weighted by molar-refractivity contribution is -0.166. The number of fused-ring (bicyclic) bond motifs is 1. The Morgan fingerprint density at radius 3 is 2.45 bits per heavy atom. The Kier molecular flexibility index (Phi) is 7.94. The van der Waals surface area contributed by atoms with Crippen LogP contribution in [0.15, 0.2) is 52.9 Å². The molecule has 1 aliphatic rings. The van der Waals surface area contributed by atoms with E-state index in [0.29, 0.717) is 11.1 Å². The minimum Gasteiger partial charge on any atom is -0.612 e. The summed E-state index contributed by atoms with van der Waals surface area (Å²) < 4.78 is 40.4. The van der Waals surface area contributed by atoms with Crippen molar-refractivity contribution in [2.24, 2.45) is 0 Å². The van der Waals surface area contributed by atoms with Gasteiger partial charge in [0, 0.05) is 6.92 Å². The van der Waals surface area contributed by atoms with Gasteiger partial charge in [0.05, 0.1) is 13.0 Å². The Morgan fingerprint density at radius 2 is 1.82 bits per heavy atom. The van der Waals surface area contributed by atoms with E-state index in [4.69, 9.17) is 9.47 Å². The fraction of sp³-hybridized carbons (Fsp3) is 0.280. The van der Waals surface area contributed by atoms with E-state index in [9.17, 15) is 18.5 Å². The highest BCUT2D eigenvalue weighted by Gasteiger charge is 2.27. The van der Waals surface area contributed by atoms with E-state index in [-0.39, 0.29) is 13.0 Å². The molecule has 0 amide bonds. The third kappa shape index (κ3) is 6.03. The van der Waals surface area contributed by atoms with Crippen LogP contribution in [0.25, 0.3) is 17.2 Å². The summed E-state index contributed by atoms with van der Waals surface area (Å²) in [4.78, 5) is 24.6. The average molecular weight is 473 g/mol. The van der Waals surface area contributed by atoms with Gasteiger partial charge in [-0.15, -0.1) is 0 Å². The van der Waals surface area contributed by atoms with Crippen molar-refractivity contribution in [1.29, 1.82) is 0 Å². The highest BCUT2D eigenvalue weighted by molar-refractivity contribution is 7.90. The molecular weight excluding hydrogens is 447 g/mol. The van der Waals surface area contributed by atoms with Crippen LogP contribution in [0.5, 0.6) is 0 Å². The molecule has 0 fully saturated rings. The fourth-order valence-corrected chi connectivity index (χ4v) is 4.11. The SMILES string of the molecule is CCOC(=O)OC(C)OC(=O)CC1=C(C)/C(=C/c2ccc([S+](C)[O-])cc2)c2ccc(F)cc21. The van der Waals surface area contributed by atoms with Gasteiger partial charge in [-0.1, -0.05) is 6.07 Å². The number of allylic oxidation sites excluding steroid dienone is 2. The summed E-state index contributed by atoms with van der Waals surface area (Å²) in [6.07, 6.45) is 1.39. The number of carbonyl (C=O) groups excluding carboxylic acids is 2. The first-order valence-electron chi connectivity index (χ1n) is 10.4. The first kappa shape index (κ1) is 24.5. The van der Waals surface area contributed by atoms with Crippen molar-refractivity contribution in [2.75, 3.05) is 12.9 Å². The number of carbonyl (C=O) groups is 2. The van der Waals surface area contributed by atoms with E-state index in [2.05, 4.69) is 4.74 Å². The van der Waals surface area contributed by atoms with Crippen LogP contribution in [0.2, 0.25) is 0 Å². The van der Waals surface area contributed by atoms with Crippen LogP contribution in [0, 0.1) is 5.82 Å². The van der Waals surface area contributed by atoms with Crippen molar-refractivity contribution < 1.29 is 32.7 Å². The molecule has 0 N–H and O–H groups in total. The molecule has 8 heteroatoms. The third-order valence-electron chi connectivity index (χ3n) is 5.12. The summed E-state index contributed by atoms with van der Waals surface area (Å²) in [6, 6.07) is 11.8. The van der Waals surface area contributed by atoms with Gasteiger partial charge in [0.2, 0.25) is 6.29 Å². The summed E-state index contributed by atoms with van der Waals surface area (Å²) in [5, 5.41) is 0. The molecule has 3 rings (SSSR count). The Hall–Kier alpha value is -3.10. The van der Waals surface area contributed by atoms with Gasteiger partial charge >= 0.3 is 12.1 Å². The van der Waals surface area contributed by atoms with Crippen molar-refractivity contribution >= 4 is 40.5 Å². The molecule has 0 heterocycles. The normalized spacial score (nSPS) is 15.8. The molecule has 2 aromatic carbocycles. The van der Waals surface area contributed by atoms with E-state index in [0.717, 1.165) is 27.2 Å². The number of hydrogen-bond donors (Lipinski definition) is 0. The highest BCUT2D eigenvalue weighted by atomic mass is 32.2. The van der Waals surface area contributed by atoms with Crippen LogP contribution >= 0.6 is 0 Å². The maximum atomic E-state index is 14.0. The molecule has 174 valence electrons. The van der Waals surface area contributed by atoms with Crippen molar-refractivity contribution in [3.63, 3.8) is 0 Å². The molecule has 6 nitrogen and oxygen atoms in total. The molecule has 33 heavy (non-hydrogen) atoms. The topological polar surface area (TPSA) is 84.9 Å². The lowest BCUT2D eigenvalue weighted by Gasteiger charge is -2.14. The Morgan fingerprint density at radius 1 is 1.12 bits per heavy atom. The molecule has 0 bridgehead atoms. The number of hydrogen-bond acceptors (Lipinski definition) is 6. The van der Waals surface area contributed by atoms with Crippen molar-refractivity contribution in [2.45, 2.75) is 38.4 Å². The second kappa shape index (κ2) is 10.7. The molecule has 0 spiro atoms. The lowest BCUT2D eigenvalue weighted by atomic mass is 10.0. The standard InChI is InChI=1S/C25H25FO6S/c1-5-30-25(28)32-16(3)31-24(27)14-22-15(2)21(20-11-8-18(26)13-23(20)22)12-17-6-9-19(10-7-17)33(4)29/h6-13,16H,5,14H2,1-4H3/b21-12-. The van der Waals surface area contributed by atoms with Gasteiger partial charge in [0.25, 0.3) is 0 Å². The molecule has 2 atom stereocenters. The van der Waals surface area contributed by atoms with Crippen molar-refractivity contribution in [3.05, 3.63) is 70.5 Å². The van der Waals surface area contributed by atoms with E-state index in [1.807, 2.05) is 25.1 Å². The monoisotopic (exact) mass is 472 g/mol. The highest BCUT2D eigenvalue weighted by Crippen LogP contribution is 2.44. The average Bonchev–Trinajstić information content (AvgIpc) is 2.99. The van der Waals surface area contributed by atoms with Gasteiger partial charge < -0.3 is 18.8 Å². The summed E-state index contributed by atoms with van der Waals surface area (Å²) in [7, 11) is 0. The van der Waals surface area contributed by atoms with E-state index < -0.39 is 35.4 Å². The van der Waals surface area contributed by atoms with E-state index in [1.165, 1.54) is 19.1 Å². The molecular formula is C25H25FO6S. The lowest BCUT2D eigenvalue weighted by Crippen LogP contribution is -2.22. The first-order chi connectivity index (χ1) is 15.7. The fourth-order valence-electron chi connectivity index (χ4n) is 3.59.